The number of carbonyl (C=O) groups is 2. The van der Waals surface area contributed by atoms with Crippen LogP contribution in [0.15, 0.2) is 65.8 Å². The molecule has 38 heavy (non-hydrogen) atoms. The number of nitrogens with zero attached hydrogens (tertiary/aromatic N) is 3. The Labute approximate surface area is 217 Å². The molecule has 3 aromatic rings. The van der Waals surface area contributed by atoms with Gasteiger partial charge >= 0.3 is 16.5 Å². The molecule has 0 saturated carbocycles. The van der Waals surface area contributed by atoms with Crippen molar-refractivity contribution in [1.29, 1.82) is 0 Å². The molecule has 2 heterocycles. The van der Waals surface area contributed by atoms with Gasteiger partial charge in [0, 0.05) is 31.7 Å². The standard InChI is InChI=1S/C25H26F2N4O6S/c1-30-14-19(38(34,35)36)29-23(30)20(22(28)32)37-18-9-5-8-17(12-18)25(13-16-6-3-2-4-7-16)10-11-31(15-25)24(33)21(26)27/h2-9,12,14,20-21H,10-11,13,15H2,1H3,(H2,28,32)(H,34,35,36). The Morgan fingerprint density at radius 2 is 1.89 bits per heavy atom. The van der Waals surface area contributed by atoms with E-state index >= 15 is 0 Å². The van der Waals surface area contributed by atoms with Crippen molar-refractivity contribution in [2.24, 2.45) is 12.8 Å². The number of hydrogen-bond donors (Lipinski definition) is 2. The molecule has 0 spiro atoms. The molecule has 13 heteroatoms. The largest absolute Gasteiger partial charge is 0.473 e. The van der Waals surface area contributed by atoms with Gasteiger partial charge in [-0.15, -0.1) is 0 Å². The van der Waals surface area contributed by atoms with Gasteiger partial charge in [-0.3, -0.25) is 14.1 Å². The minimum atomic E-state index is -4.64. The number of alkyl halides is 2. The quantitative estimate of drug-likeness (QED) is 0.390. The van der Waals surface area contributed by atoms with Gasteiger partial charge in [0.05, 0.1) is 0 Å². The molecule has 2 atom stereocenters. The fraction of sp³-hybridized carbons (Fsp3) is 0.320. The van der Waals surface area contributed by atoms with Crippen molar-refractivity contribution in [2.45, 2.75) is 35.8 Å². The molecule has 10 nitrogen and oxygen atoms in total. The number of primary amides is 1. The third-order valence-electron chi connectivity index (χ3n) is 6.59. The number of likely N-dealkylation sites (tertiary alicyclic amines) is 1. The molecule has 2 unspecified atom stereocenters. The summed E-state index contributed by atoms with van der Waals surface area (Å²) in [4.78, 5) is 29.3. The van der Waals surface area contributed by atoms with Crippen molar-refractivity contribution >= 4 is 21.9 Å². The first-order chi connectivity index (χ1) is 17.9. The number of aromatic nitrogens is 2. The molecule has 1 aliphatic rings. The highest BCUT2D eigenvalue weighted by molar-refractivity contribution is 7.85. The van der Waals surface area contributed by atoms with Gasteiger partial charge in [0.25, 0.3) is 11.8 Å². The average molecular weight is 549 g/mol. The molecule has 1 aromatic heterocycles. The van der Waals surface area contributed by atoms with Gasteiger partial charge in [-0.25, -0.2) is 4.98 Å². The minimum Gasteiger partial charge on any atom is -0.473 e. The van der Waals surface area contributed by atoms with E-state index in [1.165, 1.54) is 11.6 Å². The maximum Gasteiger partial charge on any atom is 0.315 e. The number of benzene rings is 2. The topological polar surface area (TPSA) is 145 Å². The van der Waals surface area contributed by atoms with Crippen LogP contribution in [0.2, 0.25) is 0 Å². The van der Waals surface area contributed by atoms with Crippen molar-refractivity contribution in [3.8, 4) is 5.75 Å². The second-order valence-electron chi connectivity index (χ2n) is 9.20. The summed E-state index contributed by atoms with van der Waals surface area (Å²) in [5.74, 6) is -2.15. The highest BCUT2D eigenvalue weighted by atomic mass is 32.2. The van der Waals surface area contributed by atoms with Crippen molar-refractivity contribution in [2.75, 3.05) is 13.1 Å². The van der Waals surface area contributed by atoms with E-state index in [-0.39, 0.29) is 24.7 Å². The fourth-order valence-electron chi connectivity index (χ4n) is 4.76. The molecule has 4 rings (SSSR count). The van der Waals surface area contributed by atoms with Crippen LogP contribution in [0.25, 0.3) is 0 Å². The molecule has 0 aliphatic carbocycles. The highest BCUT2D eigenvalue weighted by Crippen LogP contribution is 2.40. The summed E-state index contributed by atoms with van der Waals surface area (Å²) in [6, 6.07) is 16.1. The van der Waals surface area contributed by atoms with Gasteiger partial charge in [0.1, 0.15) is 5.75 Å². The number of aryl methyl sites for hydroxylation is 1. The Morgan fingerprint density at radius 3 is 2.50 bits per heavy atom. The zero-order chi connectivity index (χ0) is 27.7. The van der Waals surface area contributed by atoms with Crippen LogP contribution in [0.1, 0.15) is 29.5 Å². The molecule has 0 bridgehead atoms. The monoisotopic (exact) mass is 548 g/mol. The van der Waals surface area contributed by atoms with Crippen molar-refractivity contribution in [3.05, 3.63) is 77.7 Å². The van der Waals surface area contributed by atoms with Crippen molar-refractivity contribution < 1.29 is 36.1 Å². The average Bonchev–Trinajstić information content (AvgIpc) is 3.47. The minimum absolute atomic E-state index is 0.0604. The first kappa shape index (κ1) is 27.2. The van der Waals surface area contributed by atoms with Crippen LogP contribution in [0.5, 0.6) is 5.75 Å². The molecule has 2 aromatic carbocycles. The van der Waals surface area contributed by atoms with Gasteiger partial charge < -0.3 is 19.9 Å². The maximum atomic E-state index is 13.2. The molecular weight excluding hydrogens is 522 g/mol. The summed E-state index contributed by atoms with van der Waals surface area (Å²) in [5.41, 5.74) is 6.46. The van der Waals surface area contributed by atoms with Crippen LogP contribution >= 0.6 is 0 Å². The zero-order valence-corrected chi connectivity index (χ0v) is 21.1. The van der Waals surface area contributed by atoms with E-state index in [4.69, 9.17) is 10.5 Å². The Balaban J connectivity index is 1.69. The summed E-state index contributed by atoms with van der Waals surface area (Å²) >= 11 is 0. The molecule has 2 amide bonds. The molecule has 1 saturated heterocycles. The molecular formula is C25H26F2N4O6S. The lowest BCUT2D eigenvalue weighted by molar-refractivity contribution is -0.141. The predicted octanol–water partition coefficient (Wildman–Crippen LogP) is 2.25. The van der Waals surface area contributed by atoms with Gasteiger partial charge in [-0.05, 0) is 36.1 Å². The predicted molar refractivity (Wildman–Crippen MR) is 131 cm³/mol. The zero-order valence-electron chi connectivity index (χ0n) is 20.3. The first-order valence-corrected chi connectivity index (χ1v) is 13.0. The van der Waals surface area contributed by atoms with E-state index in [9.17, 15) is 31.3 Å². The Morgan fingerprint density at radius 1 is 1.18 bits per heavy atom. The smallest absolute Gasteiger partial charge is 0.315 e. The number of carbonyl (C=O) groups excluding carboxylic acids is 2. The summed E-state index contributed by atoms with van der Waals surface area (Å²) in [6.07, 6.45) is -2.72. The third kappa shape index (κ3) is 5.68. The Kier molecular flexibility index (Phi) is 7.51. The fourth-order valence-corrected chi connectivity index (χ4v) is 5.26. The Bertz CT molecular complexity index is 1450. The van der Waals surface area contributed by atoms with Crippen molar-refractivity contribution in [3.63, 3.8) is 0 Å². The van der Waals surface area contributed by atoms with Gasteiger partial charge in [-0.2, -0.15) is 17.2 Å². The molecule has 0 radical (unpaired) electrons. The van der Waals surface area contributed by atoms with E-state index in [0.29, 0.717) is 18.4 Å². The van der Waals surface area contributed by atoms with Gasteiger partial charge in [0.2, 0.25) is 11.1 Å². The number of rotatable bonds is 9. The van der Waals surface area contributed by atoms with Crippen LogP contribution in [0.4, 0.5) is 8.78 Å². The molecule has 1 fully saturated rings. The van der Waals surface area contributed by atoms with E-state index in [2.05, 4.69) is 4.98 Å². The normalized spacial score (nSPS) is 18.5. The number of amides is 2. The molecule has 202 valence electrons. The molecule has 1 aliphatic heterocycles. The lowest BCUT2D eigenvalue weighted by atomic mass is 9.75. The maximum absolute atomic E-state index is 13.2. The third-order valence-corrected chi connectivity index (χ3v) is 7.31. The number of hydrogen-bond acceptors (Lipinski definition) is 6. The van der Waals surface area contributed by atoms with E-state index in [1.807, 2.05) is 30.3 Å². The SMILES string of the molecule is Cn1cc(S(=O)(=O)O)nc1C(Oc1cccc(C2(Cc3ccccc3)CCN(C(=O)C(F)F)C2)c1)C(N)=O. The number of halogens is 2. The Hall–Kier alpha value is -3.84. The number of imidazole rings is 1. The summed E-state index contributed by atoms with van der Waals surface area (Å²) in [6.45, 7) is 0.210. The van der Waals surface area contributed by atoms with Gasteiger partial charge in [0.15, 0.2) is 5.82 Å². The lowest BCUT2D eigenvalue weighted by Crippen LogP contribution is -2.38. The number of nitrogens with two attached hydrogens (primary N) is 1. The summed E-state index contributed by atoms with van der Waals surface area (Å²) < 4.78 is 65.7. The van der Waals surface area contributed by atoms with Crippen LogP contribution in [-0.4, -0.2) is 58.8 Å². The van der Waals surface area contributed by atoms with Crippen molar-refractivity contribution in [1.82, 2.24) is 14.5 Å². The first-order valence-electron chi connectivity index (χ1n) is 11.6. The number of ether oxygens (including phenoxy) is 1. The van der Waals surface area contributed by atoms with Gasteiger partial charge in [-0.1, -0.05) is 42.5 Å². The van der Waals surface area contributed by atoms with E-state index < -0.39 is 44.9 Å². The summed E-state index contributed by atoms with van der Waals surface area (Å²) in [5, 5.41) is -0.671. The molecule has 3 N–H and O–H groups in total. The van der Waals surface area contributed by atoms with Crippen LogP contribution in [0.3, 0.4) is 0 Å². The van der Waals surface area contributed by atoms with Crippen LogP contribution in [0, 0.1) is 0 Å². The lowest BCUT2D eigenvalue weighted by Gasteiger charge is -2.31. The van der Waals surface area contributed by atoms with Crippen LogP contribution in [-0.2, 0) is 38.6 Å². The second-order valence-corrected chi connectivity index (χ2v) is 10.6. The van der Waals surface area contributed by atoms with E-state index in [0.717, 1.165) is 16.7 Å². The summed E-state index contributed by atoms with van der Waals surface area (Å²) in [7, 11) is -3.22. The van der Waals surface area contributed by atoms with E-state index in [1.54, 1.807) is 24.3 Å². The highest BCUT2D eigenvalue weighted by Gasteiger charge is 2.43. The van der Waals surface area contributed by atoms with Crippen LogP contribution < -0.4 is 10.5 Å². The second kappa shape index (κ2) is 10.5.